The van der Waals surface area contributed by atoms with Gasteiger partial charge in [-0.3, -0.25) is 0 Å². The topological polar surface area (TPSA) is 15.3 Å². The van der Waals surface area contributed by atoms with Gasteiger partial charge in [-0.05, 0) is 65.7 Å². The van der Waals surface area contributed by atoms with Crippen molar-refractivity contribution >= 4 is 38.9 Å². The molecule has 112 valence electrons. The summed E-state index contributed by atoms with van der Waals surface area (Å²) in [5.41, 5.74) is 3.53. The quantitative estimate of drug-likeness (QED) is 0.719. The number of halogens is 2. The fourth-order valence-corrected chi connectivity index (χ4v) is 2.80. The molecule has 0 fully saturated rings. The van der Waals surface area contributed by atoms with E-state index in [9.17, 15) is 0 Å². The van der Waals surface area contributed by atoms with Crippen LogP contribution in [0.2, 0.25) is 5.02 Å². The molecule has 0 radical (unpaired) electrons. The molecule has 0 aromatic heterocycles. The van der Waals surface area contributed by atoms with Crippen molar-refractivity contribution in [3.8, 4) is 0 Å². The molecule has 2 rings (SSSR count). The smallest absolute Gasteiger partial charge is 0.0502 e. The van der Waals surface area contributed by atoms with E-state index in [4.69, 9.17) is 11.6 Å². The number of rotatable bonds is 6. The molecule has 0 aliphatic heterocycles. The number of nitrogens with one attached hydrogen (secondary N) is 1. The number of hydrogen-bond donors (Lipinski definition) is 1. The Hall–Kier alpha value is -1.19. The van der Waals surface area contributed by atoms with Crippen LogP contribution in [0.4, 0.5) is 11.4 Å². The lowest BCUT2D eigenvalue weighted by Crippen LogP contribution is -2.21. The molecule has 0 atom stereocenters. The van der Waals surface area contributed by atoms with Gasteiger partial charge in [0.15, 0.2) is 0 Å². The van der Waals surface area contributed by atoms with Gasteiger partial charge in [-0.2, -0.15) is 0 Å². The third kappa shape index (κ3) is 4.39. The van der Waals surface area contributed by atoms with Crippen LogP contribution in [0.1, 0.15) is 19.4 Å². The zero-order valence-corrected chi connectivity index (χ0v) is 14.7. The van der Waals surface area contributed by atoms with Gasteiger partial charge >= 0.3 is 0 Å². The fourth-order valence-electron chi connectivity index (χ4n) is 2.24. The highest BCUT2D eigenvalue weighted by Gasteiger charge is 2.03. The summed E-state index contributed by atoms with van der Waals surface area (Å²) < 4.78 is 1.02. The van der Waals surface area contributed by atoms with Crippen LogP contribution >= 0.6 is 27.5 Å². The first-order valence-corrected chi connectivity index (χ1v) is 8.34. The highest BCUT2D eigenvalue weighted by Crippen LogP contribution is 2.26. The molecule has 2 aromatic carbocycles. The van der Waals surface area contributed by atoms with Crippen molar-refractivity contribution in [3.63, 3.8) is 0 Å². The number of anilines is 2. The molecular weight excluding hydrogens is 348 g/mol. The predicted molar refractivity (Wildman–Crippen MR) is 96.5 cm³/mol. The van der Waals surface area contributed by atoms with Crippen molar-refractivity contribution in [1.82, 2.24) is 0 Å². The van der Waals surface area contributed by atoms with Crippen LogP contribution in [0.5, 0.6) is 0 Å². The summed E-state index contributed by atoms with van der Waals surface area (Å²) in [4.78, 5) is 2.34. The summed E-state index contributed by atoms with van der Waals surface area (Å²) >= 11 is 9.55. The largest absolute Gasteiger partial charge is 0.380 e. The van der Waals surface area contributed by atoms with Gasteiger partial charge in [-0.1, -0.05) is 23.7 Å². The van der Waals surface area contributed by atoms with E-state index in [0.717, 1.165) is 34.8 Å². The molecule has 0 aliphatic carbocycles. The summed E-state index contributed by atoms with van der Waals surface area (Å²) in [6, 6.07) is 14.4. The molecule has 0 aliphatic rings. The average molecular weight is 368 g/mol. The van der Waals surface area contributed by atoms with Gasteiger partial charge in [0.05, 0.1) is 5.69 Å². The molecular formula is C17H20BrClN2. The molecule has 2 aromatic rings. The second-order valence-electron chi connectivity index (χ2n) is 4.82. The van der Waals surface area contributed by atoms with Gasteiger partial charge < -0.3 is 10.2 Å². The summed E-state index contributed by atoms with van der Waals surface area (Å²) in [5, 5.41) is 4.14. The number of hydrogen-bond acceptors (Lipinski definition) is 2. The standard InChI is InChI=1S/C17H20BrClN2/c1-3-21(4-2)15-8-5-13(6-9-15)12-20-17-11-14(19)7-10-16(17)18/h5-11,20H,3-4,12H2,1-2H3. The number of nitrogens with zero attached hydrogens (tertiary/aromatic N) is 1. The van der Waals surface area contributed by atoms with Crippen molar-refractivity contribution in [2.24, 2.45) is 0 Å². The van der Waals surface area contributed by atoms with Gasteiger partial charge in [0.2, 0.25) is 0 Å². The maximum absolute atomic E-state index is 6.02. The van der Waals surface area contributed by atoms with Crippen molar-refractivity contribution < 1.29 is 0 Å². The van der Waals surface area contributed by atoms with Crippen LogP contribution in [0.25, 0.3) is 0 Å². The Morgan fingerprint density at radius 2 is 1.71 bits per heavy atom. The first kappa shape index (κ1) is 16.2. The van der Waals surface area contributed by atoms with Crippen LogP contribution in [0, 0.1) is 0 Å². The van der Waals surface area contributed by atoms with Crippen LogP contribution < -0.4 is 10.2 Å². The lowest BCUT2D eigenvalue weighted by molar-refractivity contribution is 0.865. The van der Waals surface area contributed by atoms with E-state index in [-0.39, 0.29) is 0 Å². The third-order valence-electron chi connectivity index (χ3n) is 3.48. The summed E-state index contributed by atoms with van der Waals surface area (Å²) in [6.45, 7) is 7.19. The highest BCUT2D eigenvalue weighted by molar-refractivity contribution is 9.10. The van der Waals surface area contributed by atoms with Crippen LogP contribution in [0.3, 0.4) is 0 Å². The van der Waals surface area contributed by atoms with Gasteiger partial charge in [0, 0.05) is 34.8 Å². The fraction of sp³-hybridized carbons (Fsp3) is 0.294. The molecule has 0 bridgehead atoms. The van der Waals surface area contributed by atoms with E-state index in [1.807, 2.05) is 18.2 Å². The third-order valence-corrected chi connectivity index (χ3v) is 4.40. The van der Waals surface area contributed by atoms with Crippen molar-refractivity contribution in [2.45, 2.75) is 20.4 Å². The average Bonchev–Trinajstić information content (AvgIpc) is 2.51. The second-order valence-corrected chi connectivity index (χ2v) is 6.11. The van der Waals surface area contributed by atoms with Crippen LogP contribution in [-0.4, -0.2) is 13.1 Å². The Labute approximate surface area is 140 Å². The predicted octanol–water partition coefficient (Wildman–Crippen LogP) is 5.56. The molecule has 1 N–H and O–H groups in total. The maximum Gasteiger partial charge on any atom is 0.0502 e. The van der Waals surface area contributed by atoms with E-state index in [1.54, 1.807) is 0 Å². The lowest BCUT2D eigenvalue weighted by Gasteiger charge is -2.21. The SMILES string of the molecule is CCN(CC)c1ccc(CNc2cc(Cl)ccc2Br)cc1. The molecule has 4 heteroatoms. The normalized spacial score (nSPS) is 10.5. The second kappa shape index (κ2) is 7.71. The van der Waals surface area contributed by atoms with Gasteiger partial charge in [-0.15, -0.1) is 0 Å². The molecule has 0 saturated carbocycles. The monoisotopic (exact) mass is 366 g/mol. The zero-order valence-electron chi connectivity index (χ0n) is 12.4. The molecule has 0 saturated heterocycles. The Balaban J connectivity index is 2.02. The summed E-state index contributed by atoms with van der Waals surface area (Å²) in [6.07, 6.45) is 0. The molecule has 0 heterocycles. The van der Waals surface area contributed by atoms with E-state index < -0.39 is 0 Å². The summed E-state index contributed by atoms with van der Waals surface area (Å²) in [5.74, 6) is 0. The first-order chi connectivity index (χ1) is 10.1. The minimum absolute atomic E-state index is 0.734. The Kier molecular flexibility index (Phi) is 5.95. The molecule has 21 heavy (non-hydrogen) atoms. The van der Waals surface area contributed by atoms with Gasteiger partial charge in [0.25, 0.3) is 0 Å². The van der Waals surface area contributed by atoms with Crippen LogP contribution in [-0.2, 0) is 6.54 Å². The molecule has 2 nitrogen and oxygen atoms in total. The van der Waals surface area contributed by atoms with E-state index in [2.05, 4.69) is 64.3 Å². The number of benzene rings is 2. The van der Waals surface area contributed by atoms with Gasteiger partial charge in [0.1, 0.15) is 0 Å². The van der Waals surface area contributed by atoms with Crippen molar-refractivity contribution in [2.75, 3.05) is 23.3 Å². The van der Waals surface area contributed by atoms with Crippen molar-refractivity contribution in [3.05, 3.63) is 57.5 Å². The molecule has 0 unspecified atom stereocenters. The van der Waals surface area contributed by atoms with E-state index in [0.29, 0.717) is 0 Å². The Morgan fingerprint density at radius 3 is 2.33 bits per heavy atom. The highest BCUT2D eigenvalue weighted by atomic mass is 79.9. The Bertz CT molecular complexity index is 580. The van der Waals surface area contributed by atoms with Gasteiger partial charge in [-0.25, -0.2) is 0 Å². The minimum Gasteiger partial charge on any atom is -0.380 e. The lowest BCUT2D eigenvalue weighted by atomic mass is 10.2. The van der Waals surface area contributed by atoms with E-state index in [1.165, 1.54) is 11.3 Å². The summed E-state index contributed by atoms with van der Waals surface area (Å²) in [7, 11) is 0. The van der Waals surface area contributed by atoms with E-state index >= 15 is 0 Å². The van der Waals surface area contributed by atoms with Crippen molar-refractivity contribution in [1.29, 1.82) is 0 Å². The minimum atomic E-state index is 0.734. The first-order valence-electron chi connectivity index (χ1n) is 7.16. The molecule has 0 amide bonds. The zero-order chi connectivity index (χ0) is 15.2. The Morgan fingerprint density at radius 1 is 1.05 bits per heavy atom. The van der Waals surface area contributed by atoms with Crippen LogP contribution in [0.15, 0.2) is 46.9 Å². The molecule has 0 spiro atoms. The maximum atomic E-state index is 6.02.